The van der Waals surface area contributed by atoms with Crippen molar-refractivity contribution in [3.8, 4) is 0 Å². The van der Waals surface area contributed by atoms with Crippen molar-refractivity contribution in [1.29, 1.82) is 0 Å². The molecule has 0 bridgehead atoms. The lowest BCUT2D eigenvalue weighted by Gasteiger charge is -2.20. The third kappa shape index (κ3) is 3.53. The van der Waals surface area contributed by atoms with Gasteiger partial charge in [-0.3, -0.25) is 0 Å². The first-order valence-corrected chi connectivity index (χ1v) is 8.80. The van der Waals surface area contributed by atoms with E-state index >= 15 is 0 Å². The number of aromatic nitrogens is 2. The molecule has 0 aliphatic rings. The Kier molecular flexibility index (Phi) is 4.58. The van der Waals surface area contributed by atoms with Gasteiger partial charge < -0.3 is 15.2 Å². The molecule has 5 nitrogen and oxygen atoms in total. The molecular weight excluding hydrogens is 336 g/mol. The highest BCUT2D eigenvalue weighted by molar-refractivity contribution is 6.01. The summed E-state index contributed by atoms with van der Waals surface area (Å²) in [6.45, 7) is 0. The second-order valence-electron chi connectivity index (χ2n) is 6.37. The third-order valence-corrected chi connectivity index (χ3v) is 4.56. The molecular formula is C22H20N4O. The summed E-state index contributed by atoms with van der Waals surface area (Å²) in [4.78, 5) is 17.2. The molecule has 0 saturated heterocycles. The molecule has 1 heterocycles. The van der Waals surface area contributed by atoms with Crippen LogP contribution in [0.4, 0.5) is 10.5 Å². The Morgan fingerprint density at radius 3 is 2.48 bits per heavy atom. The highest BCUT2D eigenvalue weighted by atomic mass is 16.2. The Bertz CT molecular complexity index is 1070. The van der Waals surface area contributed by atoms with Crippen LogP contribution in [-0.4, -0.2) is 15.6 Å². The van der Waals surface area contributed by atoms with E-state index in [1.165, 1.54) is 0 Å². The van der Waals surface area contributed by atoms with Gasteiger partial charge in [-0.2, -0.15) is 0 Å². The summed E-state index contributed by atoms with van der Waals surface area (Å²) >= 11 is 0. The van der Waals surface area contributed by atoms with Crippen molar-refractivity contribution < 1.29 is 4.79 Å². The summed E-state index contributed by atoms with van der Waals surface area (Å²) in [5, 5.41) is 8.12. The van der Waals surface area contributed by atoms with Gasteiger partial charge in [0.25, 0.3) is 0 Å². The van der Waals surface area contributed by atoms with E-state index in [-0.39, 0.29) is 12.1 Å². The fraction of sp³-hybridized carbons (Fsp3) is 0.0909. The second kappa shape index (κ2) is 7.33. The van der Waals surface area contributed by atoms with Crippen LogP contribution in [0.3, 0.4) is 0 Å². The van der Waals surface area contributed by atoms with Crippen LogP contribution in [0.5, 0.6) is 0 Å². The Morgan fingerprint density at radius 2 is 1.70 bits per heavy atom. The Labute approximate surface area is 157 Å². The number of amides is 2. The number of hydrogen-bond donors (Lipinski definition) is 2. The number of benzene rings is 3. The number of nitrogens with one attached hydrogen (secondary N) is 2. The zero-order valence-electron chi connectivity index (χ0n) is 15.0. The second-order valence-corrected chi connectivity index (χ2v) is 6.37. The largest absolute Gasteiger partial charge is 0.336 e. The lowest BCUT2D eigenvalue weighted by Crippen LogP contribution is -2.34. The molecule has 27 heavy (non-hydrogen) atoms. The SMILES string of the molecule is Cn1ccnc1[C@H](NC(=O)Nc1cccc2ccccc12)c1ccccc1. The Balaban J connectivity index is 1.61. The van der Waals surface area contributed by atoms with Crippen LogP contribution in [0.25, 0.3) is 10.8 Å². The number of nitrogens with zero attached hydrogens (tertiary/aromatic N) is 2. The van der Waals surface area contributed by atoms with Crippen LogP contribution in [0, 0.1) is 0 Å². The minimum atomic E-state index is -0.346. The Hall–Kier alpha value is -3.60. The van der Waals surface area contributed by atoms with Gasteiger partial charge in [0.1, 0.15) is 11.9 Å². The van der Waals surface area contributed by atoms with Crippen molar-refractivity contribution in [3.05, 3.63) is 96.6 Å². The summed E-state index contributed by atoms with van der Waals surface area (Å²) in [5.74, 6) is 0.772. The minimum Gasteiger partial charge on any atom is -0.336 e. The van der Waals surface area contributed by atoms with Gasteiger partial charge in [0.05, 0.1) is 5.69 Å². The van der Waals surface area contributed by atoms with Crippen LogP contribution >= 0.6 is 0 Å². The fourth-order valence-electron chi connectivity index (χ4n) is 3.22. The molecule has 0 spiro atoms. The molecule has 0 radical (unpaired) electrons. The van der Waals surface area contributed by atoms with Crippen molar-refractivity contribution in [3.63, 3.8) is 0 Å². The lowest BCUT2D eigenvalue weighted by molar-refractivity contribution is 0.249. The van der Waals surface area contributed by atoms with Crippen molar-refractivity contribution in [2.45, 2.75) is 6.04 Å². The average Bonchev–Trinajstić information content (AvgIpc) is 3.13. The molecule has 3 aromatic carbocycles. The molecule has 1 aromatic heterocycles. The molecule has 4 rings (SSSR count). The maximum absolute atomic E-state index is 12.8. The number of aryl methyl sites for hydroxylation is 1. The summed E-state index contributed by atoms with van der Waals surface area (Å²) < 4.78 is 1.91. The topological polar surface area (TPSA) is 59.0 Å². The first-order chi connectivity index (χ1) is 13.2. The van der Waals surface area contributed by atoms with Gasteiger partial charge in [0.2, 0.25) is 0 Å². The van der Waals surface area contributed by atoms with Crippen LogP contribution < -0.4 is 10.6 Å². The highest BCUT2D eigenvalue weighted by Gasteiger charge is 2.20. The van der Waals surface area contributed by atoms with Crippen molar-refractivity contribution in [2.24, 2.45) is 7.05 Å². The van der Waals surface area contributed by atoms with Crippen LogP contribution in [0.1, 0.15) is 17.4 Å². The normalized spacial score (nSPS) is 11.9. The fourth-order valence-corrected chi connectivity index (χ4v) is 3.22. The molecule has 0 fully saturated rings. The highest BCUT2D eigenvalue weighted by Crippen LogP contribution is 2.24. The first-order valence-electron chi connectivity index (χ1n) is 8.80. The number of carbonyl (C=O) groups is 1. The van der Waals surface area contributed by atoms with E-state index < -0.39 is 0 Å². The van der Waals surface area contributed by atoms with Crippen LogP contribution in [0.15, 0.2) is 85.2 Å². The predicted octanol–water partition coefficient (Wildman–Crippen LogP) is 4.48. The molecule has 0 unspecified atom stereocenters. The number of fused-ring (bicyclic) bond motifs is 1. The van der Waals surface area contributed by atoms with E-state index in [1.54, 1.807) is 6.20 Å². The number of hydrogen-bond acceptors (Lipinski definition) is 2. The van der Waals surface area contributed by atoms with E-state index in [2.05, 4.69) is 15.6 Å². The monoisotopic (exact) mass is 356 g/mol. The number of urea groups is 1. The molecule has 0 saturated carbocycles. The lowest BCUT2D eigenvalue weighted by atomic mass is 10.1. The van der Waals surface area contributed by atoms with Gasteiger partial charge in [0, 0.05) is 24.8 Å². The summed E-state index contributed by atoms with van der Waals surface area (Å²) in [7, 11) is 1.92. The minimum absolute atomic E-state index is 0.275. The molecule has 0 aliphatic heterocycles. The first kappa shape index (κ1) is 16.8. The molecule has 1 atom stereocenters. The quantitative estimate of drug-likeness (QED) is 0.566. The van der Waals surface area contributed by atoms with Gasteiger partial charge in [-0.25, -0.2) is 9.78 Å². The van der Waals surface area contributed by atoms with Crippen LogP contribution in [-0.2, 0) is 7.05 Å². The molecule has 2 N–H and O–H groups in total. The average molecular weight is 356 g/mol. The maximum Gasteiger partial charge on any atom is 0.320 e. The number of carbonyl (C=O) groups excluding carboxylic acids is 1. The molecule has 2 amide bonds. The van der Waals surface area contributed by atoms with Gasteiger partial charge in [-0.1, -0.05) is 66.7 Å². The molecule has 134 valence electrons. The molecule has 5 heteroatoms. The van der Waals surface area contributed by atoms with Crippen molar-refractivity contribution in [1.82, 2.24) is 14.9 Å². The third-order valence-electron chi connectivity index (χ3n) is 4.56. The van der Waals surface area contributed by atoms with E-state index in [0.717, 1.165) is 27.8 Å². The van der Waals surface area contributed by atoms with Crippen molar-refractivity contribution >= 4 is 22.5 Å². The number of rotatable bonds is 4. The van der Waals surface area contributed by atoms with Crippen LogP contribution in [0.2, 0.25) is 0 Å². The predicted molar refractivity (Wildman–Crippen MR) is 108 cm³/mol. The molecule has 0 aliphatic carbocycles. The van der Waals surface area contributed by atoms with E-state index in [9.17, 15) is 4.79 Å². The van der Waals surface area contributed by atoms with Gasteiger partial charge >= 0.3 is 6.03 Å². The van der Waals surface area contributed by atoms with Gasteiger partial charge in [-0.05, 0) is 17.0 Å². The molecule has 4 aromatic rings. The zero-order valence-corrected chi connectivity index (χ0v) is 15.0. The van der Waals surface area contributed by atoms with Crippen molar-refractivity contribution in [2.75, 3.05) is 5.32 Å². The number of imidazole rings is 1. The Morgan fingerprint density at radius 1 is 0.963 bits per heavy atom. The van der Waals surface area contributed by atoms with E-state index in [4.69, 9.17) is 0 Å². The summed E-state index contributed by atoms with van der Waals surface area (Å²) in [6, 6.07) is 23.0. The number of anilines is 1. The maximum atomic E-state index is 12.8. The standard InChI is InChI=1S/C22H20N4O/c1-26-15-14-23-21(26)20(17-9-3-2-4-10-17)25-22(27)24-19-13-7-11-16-8-5-6-12-18(16)19/h2-15,20H,1H3,(H2,24,25,27)/t20-/m1/s1. The zero-order chi connectivity index (χ0) is 18.6. The summed E-state index contributed by atoms with van der Waals surface area (Å²) in [6.07, 6.45) is 3.60. The van der Waals surface area contributed by atoms with Gasteiger partial charge in [0.15, 0.2) is 0 Å². The van der Waals surface area contributed by atoms with Gasteiger partial charge in [-0.15, -0.1) is 0 Å². The smallest absolute Gasteiger partial charge is 0.320 e. The van der Waals surface area contributed by atoms with E-state index in [0.29, 0.717) is 0 Å². The van der Waals surface area contributed by atoms with E-state index in [1.807, 2.05) is 90.6 Å². The summed E-state index contributed by atoms with van der Waals surface area (Å²) in [5.41, 5.74) is 1.75.